The minimum absolute atomic E-state index is 0.155. The highest BCUT2D eigenvalue weighted by atomic mass is 35.5. The first kappa shape index (κ1) is 21.9. The molecule has 1 aromatic carbocycles. The third-order valence-corrected chi connectivity index (χ3v) is 3.93. The summed E-state index contributed by atoms with van der Waals surface area (Å²) in [6, 6.07) is 4.58. The van der Waals surface area contributed by atoms with E-state index in [-0.39, 0.29) is 10.6 Å². The number of rotatable bonds is 6. The van der Waals surface area contributed by atoms with Gasteiger partial charge in [0.1, 0.15) is 0 Å². The molecule has 144 valence electrons. The lowest BCUT2D eigenvalue weighted by molar-refractivity contribution is -0.400. The van der Waals surface area contributed by atoms with E-state index in [4.69, 9.17) is 16.3 Å². The summed E-state index contributed by atoms with van der Waals surface area (Å²) in [6.07, 6.45) is -8.99. The van der Waals surface area contributed by atoms with E-state index in [9.17, 15) is 39.5 Å². The van der Waals surface area contributed by atoms with Crippen molar-refractivity contribution in [2.45, 2.75) is 42.9 Å². The Labute approximate surface area is 141 Å². The van der Waals surface area contributed by atoms with Crippen LogP contribution in [0.1, 0.15) is 18.9 Å². The zero-order valence-electron chi connectivity index (χ0n) is 12.7. The van der Waals surface area contributed by atoms with Gasteiger partial charge in [-0.1, -0.05) is 23.7 Å². The van der Waals surface area contributed by atoms with Gasteiger partial charge in [0.25, 0.3) is 0 Å². The highest BCUT2D eigenvalue weighted by Crippen LogP contribution is 2.56. The van der Waals surface area contributed by atoms with Crippen molar-refractivity contribution in [3.8, 4) is 0 Å². The molecule has 1 rings (SSSR count). The molecule has 0 bridgehead atoms. The van der Waals surface area contributed by atoms with Gasteiger partial charge in [0.2, 0.25) is 0 Å². The summed E-state index contributed by atoms with van der Waals surface area (Å²) < 4.78 is 121. The molecule has 0 saturated carbocycles. The Balaban J connectivity index is 3.30. The molecule has 0 N–H and O–H groups in total. The zero-order chi connectivity index (χ0) is 19.9. The molecule has 25 heavy (non-hydrogen) atoms. The van der Waals surface area contributed by atoms with Crippen LogP contribution in [-0.4, -0.2) is 31.1 Å². The minimum Gasteiger partial charge on any atom is -0.374 e. The van der Waals surface area contributed by atoms with E-state index in [2.05, 4.69) is 0 Å². The summed E-state index contributed by atoms with van der Waals surface area (Å²) in [4.78, 5) is 0. The predicted octanol–water partition coefficient (Wildman–Crippen LogP) is 6.06. The maximum absolute atomic E-state index is 13.8. The van der Waals surface area contributed by atoms with E-state index in [0.717, 1.165) is 26.2 Å². The van der Waals surface area contributed by atoms with E-state index in [0.29, 0.717) is 0 Å². The van der Waals surface area contributed by atoms with Crippen LogP contribution in [0.3, 0.4) is 0 Å². The Morgan fingerprint density at radius 3 is 1.64 bits per heavy atom. The fraction of sp³-hybridized carbons (Fsp3) is 0.571. The molecule has 11 heteroatoms. The fourth-order valence-corrected chi connectivity index (χ4v) is 2.16. The Kier molecular flexibility index (Phi) is 5.72. The monoisotopic (exact) mass is 402 g/mol. The van der Waals surface area contributed by atoms with Crippen LogP contribution in [0.5, 0.6) is 0 Å². The quantitative estimate of drug-likeness (QED) is 0.526. The molecule has 0 aliphatic heterocycles. The van der Waals surface area contributed by atoms with Crippen molar-refractivity contribution < 1.29 is 44.3 Å². The van der Waals surface area contributed by atoms with E-state index >= 15 is 0 Å². The normalized spacial score (nSPS) is 16.6. The van der Waals surface area contributed by atoms with Gasteiger partial charge in [0, 0.05) is 12.1 Å². The lowest BCUT2D eigenvalue weighted by atomic mass is 9.86. The van der Waals surface area contributed by atoms with Gasteiger partial charge in [0.05, 0.1) is 12.0 Å². The Morgan fingerprint density at radius 2 is 1.28 bits per heavy atom. The van der Waals surface area contributed by atoms with Crippen molar-refractivity contribution in [2.24, 2.45) is 0 Å². The Hall–Kier alpha value is -1.16. The molecule has 0 spiro atoms. The predicted molar refractivity (Wildman–Crippen MR) is 71.3 cm³/mol. The topological polar surface area (TPSA) is 9.23 Å². The lowest BCUT2D eigenvalue weighted by Gasteiger charge is -2.38. The molecule has 1 unspecified atom stereocenters. The van der Waals surface area contributed by atoms with E-state index in [1.165, 1.54) is 12.1 Å². The SMILES string of the molecule is COC(C)(CC(F)(F)C(F)(F)C(F)(F)C(F)(F)F)c1ccc(Cl)cc1. The highest BCUT2D eigenvalue weighted by molar-refractivity contribution is 6.30. The second-order valence-electron chi connectivity index (χ2n) is 5.47. The van der Waals surface area contributed by atoms with Crippen LogP contribution in [0.2, 0.25) is 5.02 Å². The first-order chi connectivity index (χ1) is 11.0. The Morgan fingerprint density at radius 1 is 0.840 bits per heavy atom. The summed E-state index contributed by atoms with van der Waals surface area (Å²) in [5.41, 5.74) is -2.44. The van der Waals surface area contributed by atoms with Gasteiger partial charge in [-0.05, 0) is 24.6 Å². The van der Waals surface area contributed by atoms with Gasteiger partial charge in [0.15, 0.2) is 0 Å². The van der Waals surface area contributed by atoms with Crippen molar-refractivity contribution >= 4 is 11.6 Å². The molecule has 1 atom stereocenters. The van der Waals surface area contributed by atoms with Crippen molar-refractivity contribution in [3.63, 3.8) is 0 Å². The first-order valence-electron chi connectivity index (χ1n) is 6.53. The molecule has 1 aromatic rings. The fourth-order valence-electron chi connectivity index (χ4n) is 2.04. The minimum atomic E-state index is -6.93. The van der Waals surface area contributed by atoms with Crippen molar-refractivity contribution in [1.29, 1.82) is 0 Å². The zero-order valence-corrected chi connectivity index (χ0v) is 13.5. The molecule has 1 nitrogen and oxygen atoms in total. The summed E-state index contributed by atoms with van der Waals surface area (Å²) in [5.74, 6) is -19.4. The average molecular weight is 403 g/mol. The lowest BCUT2D eigenvalue weighted by Crippen LogP contribution is -2.62. The van der Waals surface area contributed by atoms with E-state index in [1.807, 2.05) is 0 Å². The molecule has 0 heterocycles. The number of halogens is 10. The molecule has 0 radical (unpaired) electrons. The van der Waals surface area contributed by atoms with Crippen LogP contribution in [0.4, 0.5) is 39.5 Å². The number of alkyl halides is 9. The number of methoxy groups -OCH3 is 1. The van der Waals surface area contributed by atoms with Crippen LogP contribution in [0.25, 0.3) is 0 Å². The summed E-state index contributed by atoms with van der Waals surface area (Å²) in [6.45, 7) is 0.853. The average Bonchev–Trinajstić information content (AvgIpc) is 2.45. The molecule has 0 fully saturated rings. The summed E-state index contributed by atoms with van der Waals surface area (Å²) >= 11 is 5.59. The second kappa shape index (κ2) is 6.53. The van der Waals surface area contributed by atoms with Gasteiger partial charge >= 0.3 is 23.9 Å². The highest BCUT2D eigenvalue weighted by Gasteiger charge is 2.82. The maximum Gasteiger partial charge on any atom is 0.460 e. The molecule has 0 amide bonds. The molecular weight excluding hydrogens is 391 g/mol. The van der Waals surface area contributed by atoms with E-state index in [1.54, 1.807) is 0 Å². The summed E-state index contributed by atoms with van der Waals surface area (Å²) in [5, 5.41) is 0.155. The summed E-state index contributed by atoms with van der Waals surface area (Å²) in [7, 11) is 0.824. The second-order valence-corrected chi connectivity index (χ2v) is 5.91. The largest absolute Gasteiger partial charge is 0.460 e. The Bertz CT molecular complexity index is 597. The molecule has 0 aliphatic carbocycles. The molecule has 0 aromatic heterocycles. The molecule has 0 aliphatic rings. The third kappa shape index (κ3) is 3.84. The first-order valence-corrected chi connectivity index (χ1v) is 6.91. The van der Waals surface area contributed by atoms with Crippen molar-refractivity contribution in [3.05, 3.63) is 34.9 Å². The van der Waals surface area contributed by atoms with Gasteiger partial charge in [-0.15, -0.1) is 0 Å². The van der Waals surface area contributed by atoms with Gasteiger partial charge in [-0.25, -0.2) is 0 Å². The van der Waals surface area contributed by atoms with Crippen molar-refractivity contribution in [2.75, 3.05) is 7.11 Å². The van der Waals surface area contributed by atoms with Crippen LogP contribution < -0.4 is 0 Å². The standard InChI is InChI=1S/C14H12ClF9O/c1-10(25-2,8-3-5-9(15)6-4-8)7-11(16,17)12(18,19)13(20,21)14(22,23)24/h3-6H,7H2,1-2H3. The number of hydrogen-bond donors (Lipinski definition) is 0. The number of benzene rings is 1. The number of ether oxygens (including phenoxy) is 1. The van der Waals surface area contributed by atoms with Gasteiger partial charge in [-0.3, -0.25) is 0 Å². The van der Waals surface area contributed by atoms with E-state index < -0.39 is 36.0 Å². The van der Waals surface area contributed by atoms with Gasteiger partial charge < -0.3 is 4.74 Å². The third-order valence-electron chi connectivity index (χ3n) is 3.67. The number of hydrogen-bond acceptors (Lipinski definition) is 1. The van der Waals surface area contributed by atoms with Crippen molar-refractivity contribution in [1.82, 2.24) is 0 Å². The molecular formula is C14H12ClF9O. The van der Waals surface area contributed by atoms with Crippen LogP contribution in [-0.2, 0) is 10.3 Å². The van der Waals surface area contributed by atoms with Crippen LogP contribution in [0.15, 0.2) is 24.3 Å². The molecule has 0 saturated heterocycles. The maximum atomic E-state index is 13.8. The van der Waals surface area contributed by atoms with Crippen LogP contribution in [0, 0.1) is 0 Å². The smallest absolute Gasteiger partial charge is 0.374 e. The van der Waals surface area contributed by atoms with Crippen LogP contribution >= 0.6 is 11.6 Å². The van der Waals surface area contributed by atoms with Gasteiger partial charge in [-0.2, -0.15) is 39.5 Å².